The van der Waals surface area contributed by atoms with Gasteiger partial charge in [0.1, 0.15) is 5.82 Å². The number of benzene rings is 1. The van der Waals surface area contributed by atoms with Gasteiger partial charge in [-0.2, -0.15) is 0 Å². The number of fused-ring (bicyclic) bond motifs is 2. The topological polar surface area (TPSA) is 70.1 Å². The molecule has 1 fully saturated rings. The van der Waals surface area contributed by atoms with E-state index in [0.717, 1.165) is 67.1 Å². The summed E-state index contributed by atoms with van der Waals surface area (Å²) in [5.41, 5.74) is 2.14. The third-order valence-electron chi connectivity index (χ3n) is 5.86. The van der Waals surface area contributed by atoms with E-state index >= 15 is 0 Å². The second kappa shape index (κ2) is 6.49. The molecule has 3 aromatic rings. The maximum Gasteiger partial charge on any atom is 0.227 e. The van der Waals surface area contributed by atoms with Crippen molar-refractivity contribution in [1.82, 2.24) is 29.5 Å². The number of likely N-dealkylation sites (tertiary alicyclic amines) is 1. The Balaban J connectivity index is 1.39. The Kier molecular flexibility index (Phi) is 3.97. The van der Waals surface area contributed by atoms with Crippen LogP contribution in [0.2, 0.25) is 0 Å². The molecule has 1 saturated heterocycles. The van der Waals surface area contributed by atoms with E-state index in [2.05, 4.69) is 37.8 Å². The largest absolute Gasteiger partial charge is 0.361 e. The van der Waals surface area contributed by atoms with Crippen LogP contribution in [0.5, 0.6) is 0 Å². The second-order valence-corrected chi connectivity index (χ2v) is 7.65. The van der Waals surface area contributed by atoms with Crippen LogP contribution in [0.3, 0.4) is 0 Å². The summed E-state index contributed by atoms with van der Waals surface area (Å²) in [5.74, 6) is 2.14. The fourth-order valence-corrected chi connectivity index (χ4v) is 4.42. The Labute approximate surface area is 158 Å². The van der Waals surface area contributed by atoms with E-state index in [1.807, 2.05) is 29.3 Å². The first-order valence-electron chi connectivity index (χ1n) is 9.65. The van der Waals surface area contributed by atoms with Gasteiger partial charge in [-0.25, -0.2) is 0 Å². The number of hydrogen-bond acceptors (Lipinski definition) is 4. The van der Waals surface area contributed by atoms with Crippen LogP contribution in [0.15, 0.2) is 30.5 Å². The average Bonchev–Trinajstić information content (AvgIpc) is 3.39. The first-order valence-corrected chi connectivity index (χ1v) is 9.65. The van der Waals surface area contributed by atoms with Crippen molar-refractivity contribution >= 4 is 16.8 Å². The number of aromatic nitrogens is 4. The van der Waals surface area contributed by atoms with E-state index in [1.165, 1.54) is 0 Å². The van der Waals surface area contributed by atoms with Gasteiger partial charge in [-0.05, 0) is 31.5 Å². The van der Waals surface area contributed by atoms with Crippen molar-refractivity contribution in [2.45, 2.75) is 38.4 Å². The highest BCUT2D eigenvalue weighted by Crippen LogP contribution is 2.33. The SMILES string of the molecule is CN1CCn2c(nnc2C2CCCN2C(=O)Cc2c[nH]c3ccccc23)C1. The van der Waals surface area contributed by atoms with Gasteiger partial charge in [0, 0.05) is 36.7 Å². The number of nitrogens with one attached hydrogen (secondary N) is 1. The Morgan fingerprint density at radius 2 is 2.11 bits per heavy atom. The van der Waals surface area contributed by atoms with Gasteiger partial charge in [0.05, 0.1) is 19.0 Å². The van der Waals surface area contributed by atoms with Crippen LogP contribution >= 0.6 is 0 Å². The lowest BCUT2D eigenvalue weighted by atomic mass is 10.1. The molecule has 1 aromatic carbocycles. The van der Waals surface area contributed by atoms with Crippen LogP contribution in [-0.2, 0) is 24.3 Å². The molecule has 1 atom stereocenters. The molecule has 4 heterocycles. The van der Waals surface area contributed by atoms with Crippen molar-refractivity contribution in [3.8, 4) is 0 Å². The molecule has 0 radical (unpaired) electrons. The fraction of sp³-hybridized carbons (Fsp3) is 0.450. The van der Waals surface area contributed by atoms with Crippen LogP contribution < -0.4 is 0 Å². The molecule has 7 nitrogen and oxygen atoms in total. The average molecular weight is 364 g/mol. The number of amides is 1. The number of para-hydroxylation sites is 1. The smallest absolute Gasteiger partial charge is 0.227 e. The number of rotatable bonds is 3. The highest BCUT2D eigenvalue weighted by atomic mass is 16.2. The van der Waals surface area contributed by atoms with Crippen molar-refractivity contribution in [3.05, 3.63) is 47.7 Å². The molecule has 7 heteroatoms. The molecule has 2 aliphatic rings. The highest BCUT2D eigenvalue weighted by molar-refractivity contribution is 5.89. The quantitative estimate of drug-likeness (QED) is 0.773. The molecule has 2 aromatic heterocycles. The first-order chi connectivity index (χ1) is 13.2. The minimum Gasteiger partial charge on any atom is -0.361 e. The van der Waals surface area contributed by atoms with Crippen molar-refractivity contribution < 1.29 is 4.79 Å². The summed E-state index contributed by atoms with van der Waals surface area (Å²) < 4.78 is 2.22. The molecule has 5 rings (SSSR count). The summed E-state index contributed by atoms with van der Waals surface area (Å²) in [6.45, 7) is 3.51. The summed E-state index contributed by atoms with van der Waals surface area (Å²) in [6, 6.07) is 8.19. The molecule has 27 heavy (non-hydrogen) atoms. The van der Waals surface area contributed by atoms with Gasteiger partial charge in [0.15, 0.2) is 5.82 Å². The van der Waals surface area contributed by atoms with Gasteiger partial charge < -0.3 is 14.5 Å². The van der Waals surface area contributed by atoms with Gasteiger partial charge in [-0.3, -0.25) is 9.69 Å². The molecule has 0 spiro atoms. The van der Waals surface area contributed by atoms with E-state index in [4.69, 9.17) is 0 Å². The van der Waals surface area contributed by atoms with Crippen molar-refractivity contribution in [1.29, 1.82) is 0 Å². The van der Waals surface area contributed by atoms with Gasteiger partial charge in [-0.15, -0.1) is 10.2 Å². The van der Waals surface area contributed by atoms with Gasteiger partial charge in [0.2, 0.25) is 5.91 Å². The van der Waals surface area contributed by atoms with Crippen LogP contribution in [0.4, 0.5) is 0 Å². The lowest BCUT2D eigenvalue weighted by Crippen LogP contribution is -2.35. The van der Waals surface area contributed by atoms with Crippen LogP contribution in [0, 0.1) is 0 Å². The first kappa shape index (κ1) is 16.5. The van der Waals surface area contributed by atoms with Crippen LogP contribution in [-0.4, -0.2) is 55.6 Å². The predicted octanol–water partition coefficient (Wildman–Crippen LogP) is 2.11. The van der Waals surface area contributed by atoms with Crippen molar-refractivity contribution in [3.63, 3.8) is 0 Å². The van der Waals surface area contributed by atoms with Crippen LogP contribution in [0.25, 0.3) is 10.9 Å². The summed E-state index contributed by atoms with van der Waals surface area (Å²) in [6.07, 6.45) is 4.37. The van der Waals surface area contributed by atoms with Crippen LogP contribution in [0.1, 0.15) is 36.1 Å². The van der Waals surface area contributed by atoms with Crippen molar-refractivity contribution in [2.75, 3.05) is 20.1 Å². The predicted molar refractivity (Wildman–Crippen MR) is 102 cm³/mol. The lowest BCUT2D eigenvalue weighted by molar-refractivity contribution is -0.131. The van der Waals surface area contributed by atoms with E-state index in [1.54, 1.807) is 0 Å². The highest BCUT2D eigenvalue weighted by Gasteiger charge is 2.35. The zero-order chi connectivity index (χ0) is 18.4. The zero-order valence-electron chi connectivity index (χ0n) is 15.6. The molecule has 0 saturated carbocycles. The maximum atomic E-state index is 13.1. The second-order valence-electron chi connectivity index (χ2n) is 7.65. The fourth-order valence-electron chi connectivity index (χ4n) is 4.42. The molecular weight excluding hydrogens is 340 g/mol. The molecular formula is C20H24N6O. The zero-order valence-corrected chi connectivity index (χ0v) is 15.6. The Bertz CT molecular complexity index is 989. The molecule has 1 amide bonds. The normalized spacial score (nSPS) is 20.3. The number of nitrogens with zero attached hydrogens (tertiary/aromatic N) is 5. The molecule has 0 aliphatic carbocycles. The molecule has 0 bridgehead atoms. The summed E-state index contributed by atoms with van der Waals surface area (Å²) in [4.78, 5) is 20.7. The maximum absolute atomic E-state index is 13.1. The minimum absolute atomic E-state index is 0.0485. The molecule has 1 unspecified atom stereocenters. The standard InChI is InChI=1S/C20H24N6O/c1-24-9-10-26-18(13-24)22-23-20(26)17-7-4-8-25(17)19(27)11-14-12-21-16-6-3-2-5-15(14)16/h2-3,5-6,12,17,21H,4,7-11,13H2,1H3. The lowest BCUT2D eigenvalue weighted by Gasteiger charge is -2.28. The number of aromatic amines is 1. The third kappa shape index (κ3) is 2.82. The van der Waals surface area contributed by atoms with E-state index < -0.39 is 0 Å². The van der Waals surface area contributed by atoms with Crippen molar-refractivity contribution in [2.24, 2.45) is 0 Å². The molecule has 140 valence electrons. The number of carbonyl (C=O) groups is 1. The number of hydrogen-bond donors (Lipinski definition) is 1. The summed E-state index contributed by atoms with van der Waals surface area (Å²) >= 11 is 0. The summed E-state index contributed by atoms with van der Waals surface area (Å²) in [7, 11) is 2.10. The summed E-state index contributed by atoms with van der Waals surface area (Å²) in [5, 5.41) is 10.00. The van der Waals surface area contributed by atoms with E-state index in [0.29, 0.717) is 6.42 Å². The molecule has 1 N–H and O–H groups in total. The van der Waals surface area contributed by atoms with Gasteiger partial charge in [0.25, 0.3) is 0 Å². The van der Waals surface area contributed by atoms with Gasteiger partial charge >= 0.3 is 0 Å². The Hall–Kier alpha value is -2.67. The van der Waals surface area contributed by atoms with E-state index in [-0.39, 0.29) is 11.9 Å². The Morgan fingerprint density at radius 3 is 3.04 bits per heavy atom. The third-order valence-corrected chi connectivity index (χ3v) is 5.86. The Morgan fingerprint density at radius 1 is 1.22 bits per heavy atom. The monoisotopic (exact) mass is 364 g/mol. The molecule has 2 aliphatic heterocycles. The van der Waals surface area contributed by atoms with E-state index in [9.17, 15) is 4.79 Å². The minimum atomic E-state index is 0.0485. The van der Waals surface area contributed by atoms with Gasteiger partial charge in [-0.1, -0.05) is 18.2 Å². The number of carbonyl (C=O) groups excluding carboxylic acids is 1. The number of H-pyrrole nitrogens is 1. The number of likely N-dealkylation sites (N-methyl/N-ethyl adjacent to an activating group) is 1.